The van der Waals surface area contributed by atoms with E-state index in [0.29, 0.717) is 13.0 Å². The molecule has 108 valence electrons. The number of hydrogen-bond acceptors (Lipinski definition) is 3. The Hall–Kier alpha value is -1.66. The van der Waals surface area contributed by atoms with E-state index >= 15 is 0 Å². The van der Waals surface area contributed by atoms with Gasteiger partial charge in [-0.15, -0.1) is 6.58 Å². The van der Waals surface area contributed by atoms with Crippen LogP contribution in [-0.4, -0.2) is 27.4 Å². The number of carbonyl (C=O) groups excluding carboxylic acids is 1. The second kappa shape index (κ2) is 6.19. The molecule has 0 aromatic heterocycles. The monoisotopic (exact) mass is 294 g/mol. The van der Waals surface area contributed by atoms with Crippen molar-refractivity contribution in [2.75, 3.05) is 18.0 Å². The fourth-order valence-electron chi connectivity index (χ4n) is 2.14. The number of rotatable bonds is 5. The largest absolute Gasteiger partial charge is 0.312 e. The van der Waals surface area contributed by atoms with Crippen LogP contribution in [0.15, 0.2) is 41.8 Å². The summed E-state index contributed by atoms with van der Waals surface area (Å²) >= 11 is 0. The highest BCUT2D eigenvalue weighted by Crippen LogP contribution is 2.22. The van der Waals surface area contributed by atoms with Crippen LogP contribution in [0.4, 0.5) is 5.69 Å². The molecule has 1 N–H and O–H groups in total. The normalized spacial score (nSPS) is 16.2. The minimum Gasteiger partial charge on any atom is -0.312 e. The zero-order chi connectivity index (χ0) is 14.6. The van der Waals surface area contributed by atoms with Gasteiger partial charge in [-0.3, -0.25) is 4.79 Å². The predicted octanol–water partition coefficient (Wildman–Crippen LogP) is 1.67. The molecule has 0 saturated carbocycles. The summed E-state index contributed by atoms with van der Waals surface area (Å²) in [5.74, 6) is 0.0941. The molecule has 1 aromatic rings. The Bertz CT molecular complexity index is 593. The maximum Gasteiger partial charge on any atom is 0.240 e. The molecule has 0 radical (unpaired) electrons. The maximum atomic E-state index is 11.9. The molecule has 1 fully saturated rings. The lowest BCUT2D eigenvalue weighted by Gasteiger charge is -2.26. The van der Waals surface area contributed by atoms with E-state index in [9.17, 15) is 13.2 Å². The molecular weight excluding hydrogens is 276 g/mol. The van der Waals surface area contributed by atoms with Crippen LogP contribution in [0, 0.1) is 0 Å². The lowest BCUT2D eigenvalue weighted by molar-refractivity contribution is -0.119. The van der Waals surface area contributed by atoms with E-state index in [4.69, 9.17) is 0 Å². The third kappa shape index (κ3) is 3.26. The number of piperidine rings is 1. The number of nitrogens with one attached hydrogen (secondary N) is 1. The lowest BCUT2D eigenvalue weighted by atomic mass is 10.1. The summed E-state index contributed by atoms with van der Waals surface area (Å²) in [5, 5.41) is 0. The van der Waals surface area contributed by atoms with Crippen LogP contribution in [0.25, 0.3) is 0 Å². The number of nitrogens with zero attached hydrogens (tertiary/aromatic N) is 1. The van der Waals surface area contributed by atoms with E-state index in [-0.39, 0.29) is 17.3 Å². The molecule has 1 aliphatic heterocycles. The van der Waals surface area contributed by atoms with Gasteiger partial charge in [-0.25, -0.2) is 13.1 Å². The highest BCUT2D eigenvalue weighted by molar-refractivity contribution is 7.89. The summed E-state index contributed by atoms with van der Waals surface area (Å²) in [6, 6.07) is 6.38. The Kier molecular flexibility index (Phi) is 4.57. The SMILES string of the molecule is C=CCNS(=O)(=O)c1ccc(N2CCCCC2=O)cc1. The van der Waals surface area contributed by atoms with Crippen LogP contribution in [0.1, 0.15) is 19.3 Å². The molecule has 0 spiro atoms. The smallest absolute Gasteiger partial charge is 0.240 e. The van der Waals surface area contributed by atoms with Gasteiger partial charge in [-0.1, -0.05) is 6.08 Å². The molecular formula is C14H18N2O3S. The fraction of sp³-hybridized carbons (Fsp3) is 0.357. The van der Waals surface area contributed by atoms with Gasteiger partial charge in [0.2, 0.25) is 15.9 Å². The summed E-state index contributed by atoms with van der Waals surface area (Å²) in [6.45, 7) is 4.35. The van der Waals surface area contributed by atoms with Crippen molar-refractivity contribution in [3.05, 3.63) is 36.9 Å². The average molecular weight is 294 g/mol. The van der Waals surface area contributed by atoms with Gasteiger partial charge in [0.25, 0.3) is 0 Å². The topological polar surface area (TPSA) is 66.5 Å². The number of sulfonamides is 1. The van der Waals surface area contributed by atoms with E-state index in [0.717, 1.165) is 18.5 Å². The van der Waals surface area contributed by atoms with Crippen molar-refractivity contribution in [2.45, 2.75) is 24.2 Å². The number of hydrogen-bond donors (Lipinski definition) is 1. The quantitative estimate of drug-likeness (QED) is 0.840. The number of anilines is 1. The molecule has 0 unspecified atom stereocenters. The van der Waals surface area contributed by atoms with Gasteiger partial charge >= 0.3 is 0 Å². The van der Waals surface area contributed by atoms with Crippen molar-refractivity contribution in [2.24, 2.45) is 0 Å². The van der Waals surface area contributed by atoms with Crippen LogP contribution in [0.5, 0.6) is 0 Å². The van der Waals surface area contributed by atoms with Crippen LogP contribution in [0.2, 0.25) is 0 Å². The van der Waals surface area contributed by atoms with Crippen molar-refractivity contribution >= 4 is 21.6 Å². The van der Waals surface area contributed by atoms with Gasteiger partial charge in [0, 0.05) is 25.2 Å². The Morgan fingerprint density at radius 2 is 1.95 bits per heavy atom. The van der Waals surface area contributed by atoms with Crippen LogP contribution >= 0.6 is 0 Å². The predicted molar refractivity (Wildman–Crippen MR) is 78.0 cm³/mol. The molecule has 1 aliphatic rings. The molecule has 1 saturated heterocycles. The molecule has 5 nitrogen and oxygen atoms in total. The van der Waals surface area contributed by atoms with Gasteiger partial charge in [0.05, 0.1) is 4.90 Å². The fourth-order valence-corrected chi connectivity index (χ4v) is 3.13. The first-order valence-corrected chi connectivity index (χ1v) is 8.04. The molecule has 1 heterocycles. The summed E-state index contributed by atoms with van der Waals surface area (Å²) in [4.78, 5) is 13.7. The summed E-state index contributed by atoms with van der Waals surface area (Å²) < 4.78 is 26.2. The average Bonchev–Trinajstić information content (AvgIpc) is 2.46. The molecule has 1 amide bonds. The third-order valence-electron chi connectivity index (χ3n) is 3.20. The summed E-state index contributed by atoms with van der Waals surface area (Å²) in [5.41, 5.74) is 0.748. The van der Waals surface area contributed by atoms with Crippen LogP contribution in [-0.2, 0) is 14.8 Å². The van der Waals surface area contributed by atoms with Crippen LogP contribution in [0.3, 0.4) is 0 Å². The number of amides is 1. The van der Waals surface area contributed by atoms with Crippen molar-refractivity contribution in [3.8, 4) is 0 Å². The highest BCUT2D eigenvalue weighted by atomic mass is 32.2. The molecule has 0 bridgehead atoms. The van der Waals surface area contributed by atoms with Gasteiger partial charge < -0.3 is 4.90 Å². The minimum absolute atomic E-state index is 0.0941. The zero-order valence-corrected chi connectivity index (χ0v) is 12.0. The van der Waals surface area contributed by atoms with Crippen molar-refractivity contribution in [3.63, 3.8) is 0 Å². The Morgan fingerprint density at radius 1 is 1.25 bits per heavy atom. The highest BCUT2D eigenvalue weighted by Gasteiger charge is 2.20. The second-order valence-corrected chi connectivity index (χ2v) is 6.40. The Morgan fingerprint density at radius 3 is 2.55 bits per heavy atom. The van der Waals surface area contributed by atoms with E-state index in [2.05, 4.69) is 11.3 Å². The third-order valence-corrected chi connectivity index (χ3v) is 4.64. The molecule has 6 heteroatoms. The Balaban J connectivity index is 2.17. The first kappa shape index (κ1) is 14.7. The Labute approximate surface area is 119 Å². The number of benzene rings is 1. The first-order chi connectivity index (χ1) is 9.54. The van der Waals surface area contributed by atoms with Gasteiger partial charge in [-0.2, -0.15) is 0 Å². The molecule has 1 aromatic carbocycles. The van der Waals surface area contributed by atoms with Gasteiger partial charge in [-0.05, 0) is 37.1 Å². The first-order valence-electron chi connectivity index (χ1n) is 6.55. The zero-order valence-electron chi connectivity index (χ0n) is 11.2. The van der Waals surface area contributed by atoms with E-state index in [1.54, 1.807) is 17.0 Å². The van der Waals surface area contributed by atoms with Gasteiger partial charge in [0.1, 0.15) is 0 Å². The molecule has 0 atom stereocenters. The summed E-state index contributed by atoms with van der Waals surface area (Å²) in [6.07, 6.45) is 3.94. The van der Waals surface area contributed by atoms with E-state index in [1.807, 2.05) is 0 Å². The maximum absolute atomic E-state index is 11.9. The van der Waals surface area contributed by atoms with Gasteiger partial charge in [0.15, 0.2) is 0 Å². The van der Waals surface area contributed by atoms with Crippen molar-refractivity contribution in [1.29, 1.82) is 0 Å². The van der Waals surface area contributed by atoms with Crippen LogP contribution < -0.4 is 9.62 Å². The number of carbonyl (C=O) groups is 1. The van der Waals surface area contributed by atoms with Crippen molar-refractivity contribution < 1.29 is 13.2 Å². The minimum atomic E-state index is -3.51. The lowest BCUT2D eigenvalue weighted by Crippen LogP contribution is -2.35. The standard InChI is InChI=1S/C14H18N2O3S/c1-2-10-15-20(18,19)13-8-6-12(7-9-13)16-11-4-3-5-14(16)17/h2,6-9,15H,1,3-5,10-11H2. The molecule has 2 rings (SSSR count). The van der Waals surface area contributed by atoms with Crippen molar-refractivity contribution in [1.82, 2.24) is 4.72 Å². The second-order valence-electron chi connectivity index (χ2n) is 4.64. The van der Waals surface area contributed by atoms with E-state index < -0.39 is 10.0 Å². The summed E-state index contributed by atoms with van der Waals surface area (Å²) in [7, 11) is -3.51. The molecule has 20 heavy (non-hydrogen) atoms. The molecule has 0 aliphatic carbocycles. The van der Waals surface area contributed by atoms with E-state index in [1.165, 1.54) is 18.2 Å².